The standard InChI is InChI=1S/C28H30F3NO4/c1-25-9-8-18(33)11-21(25)22(30)12-20-19-10-16-15-32(17-6-4-3-5-7-17)36-28(16,24(35)14-29)26(19,2)13-23(34)27(20,25)31/h3-9,11,16,19-20,22-23,34H,10,12-15H2,1-2H3. The Morgan fingerprint density at radius 3 is 2.61 bits per heavy atom. The van der Waals surface area contributed by atoms with Crippen molar-refractivity contribution in [3.05, 3.63) is 54.1 Å². The molecule has 0 aromatic heterocycles. The van der Waals surface area contributed by atoms with Crippen molar-refractivity contribution in [2.75, 3.05) is 18.3 Å². The van der Waals surface area contributed by atoms with Crippen molar-refractivity contribution >= 4 is 17.3 Å². The molecule has 5 nitrogen and oxygen atoms in total. The summed E-state index contributed by atoms with van der Waals surface area (Å²) in [4.78, 5) is 31.7. The maximum Gasteiger partial charge on any atom is 0.199 e. The van der Waals surface area contributed by atoms with Gasteiger partial charge < -0.3 is 5.11 Å². The quantitative estimate of drug-likeness (QED) is 0.671. The van der Waals surface area contributed by atoms with Gasteiger partial charge in [0.25, 0.3) is 0 Å². The van der Waals surface area contributed by atoms with Gasteiger partial charge in [0.15, 0.2) is 29.5 Å². The van der Waals surface area contributed by atoms with Crippen LogP contribution in [-0.2, 0) is 14.4 Å². The predicted octanol–water partition coefficient (Wildman–Crippen LogP) is 4.26. The number of allylic oxidation sites excluding steroid dienone is 4. The van der Waals surface area contributed by atoms with Crippen LogP contribution < -0.4 is 5.06 Å². The summed E-state index contributed by atoms with van der Waals surface area (Å²) in [6, 6.07) is 9.18. The molecule has 9 unspecified atom stereocenters. The van der Waals surface area contributed by atoms with Crippen LogP contribution in [0.25, 0.3) is 0 Å². The molecule has 9 atom stereocenters. The fraction of sp³-hybridized carbons (Fsp3) is 0.571. The number of anilines is 1. The number of aliphatic hydroxyl groups excluding tert-OH is 1. The fourth-order valence-corrected chi connectivity index (χ4v) is 8.60. The molecule has 0 spiro atoms. The Morgan fingerprint density at radius 2 is 1.92 bits per heavy atom. The summed E-state index contributed by atoms with van der Waals surface area (Å²) in [7, 11) is 0. The SMILES string of the molecule is CC12C=CC(=O)C=C1C(F)CC1C3CC4CN(c5ccccc5)OC4(C(=O)CF)C3(C)CC(O)C12F. The minimum atomic E-state index is -2.25. The number of carbonyl (C=O) groups is 2. The van der Waals surface area contributed by atoms with E-state index in [-0.39, 0.29) is 18.4 Å². The zero-order chi connectivity index (χ0) is 25.7. The van der Waals surface area contributed by atoms with Crippen molar-refractivity contribution in [1.82, 2.24) is 0 Å². The summed E-state index contributed by atoms with van der Waals surface area (Å²) in [5.74, 6) is -3.04. The lowest BCUT2D eigenvalue weighted by molar-refractivity contribution is -0.227. The molecule has 6 rings (SSSR count). The summed E-state index contributed by atoms with van der Waals surface area (Å²) >= 11 is 0. The zero-order valence-electron chi connectivity index (χ0n) is 20.3. The predicted molar refractivity (Wildman–Crippen MR) is 126 cm³/mol. The fourth-order valence-electron chi connectivity index (χ4n) is 8.60. The molecule has 4 aliphatic carbocycles. The molecule has 4 fully saturated rings. The van der Waals surface area contributed by atoms with Crippen LogP contribution in [0.1, 0.15) is 33.1 Å². The molecule has 192 valence electrons. The Labute approximate surface area is 207 Å². The number of hydrogen-bond donors (Lipinski definition) is 1. The van der Waals surface area contributed by atoms with Crippen molar-refractivity contribution in [2.45, 2.75) is 56.7 Å². The maximum absolute atomic E-state index is 17.3. The second-order valence-electron chi connectivity index (χ2n) is 11.6. The van der Waals surface area contributed by atoms with E-state index < -0.39 is 70.4 Å². The lowest BCUT2D eigenvalue weighted by atomic mass is 9.44. The summed E-state index contributed by atoms with van der Waals surface area (Å²) < 4.78 is 47.1. The summed E-state index contributed by atoms with van der Waals surface area (Å²) in [5, 5.41) is 13.1. The molecule has 0 bridgehead atoms. The van der Waals surface area contributed by atoms with E-state index in [4.69, 9.17) is 4.84 Å². The van der Waals surface area contributed by atoms with E-state index in [1.807, 2.05) is 30.3 Å². The lowest BCUT2D eigenvalue weighted by Crippen LogP contribution is -2.70. The number of halogens is 3. The van der Waals surface area contributed by atoms with Gasteiger partial charge in [-0.05, 0) is 62.0 Å². The van der Waals surface area contributed by atoms with Gasteiger partial charge in [0, 0.05) is 22.7 Å². The van der Waals surface area contributed by atoms with Gasteiger partial charge in [-0.25, -0.2) is 13.2 Å². The highest BCUT2D eigenvalue weighted by Crippen LogP contribution is 2.72. The molecule has 1 N–H and O–H groups in total. The third-order valence-corrected chi connectivity index (χ3v) is 10.2. The number of hydroxylamine groups is 1. The molecule has 1 saturated heterocycles. The highest BCUT2D eigenvalue weighted by Gasteiger charge is 2.79. The number of hydrogen-bond acceptors (Lipinski definition) is 5. The highest BCUT2D eigenvalue weighted by atomic mass is 19.1. The third kappa shape index (κ3) is 2.64. The number of nitrogens with zero attached hydrogens (tertiary/aromatic N) is 1. The van der Waals surface area contributed by atoms with E-state index in [9.17, 15) is 19.1 Å². The monoisotopic (exact) mass is 501 g/mol. The topological polar surface area (TPSA) is 66.8 Å². The number of para-hydroxylation sites is 1. The molecule has 1 heterocycles. The van der Waals surface area contributed by atoms with Gasteiger partial charge in [0.2, 0.25) is 0 Å². The Hall–Kier alpha value is -2.45. The molecule has 1 aromatic carbocycles. The number of alkyl halides is 3. The molecule has 1 aliphatic heterocycles. The van der Waals surface area contributed by atoms with Crippen LogP contribution in [0.5, 0.6) is 0 Å². The van der Waals surface area contributed by atoms with Crippen LogP contribution in [0.2, 0.25) is 0 Å². The minimum absolute atomic E-state index is 0.0515. The number of carbonyl (C=O) groups excluding carboxylic acids is 2. The first-order valence-electron chi connectivity index (χ1n) is 12.6. The minimum Gasteiger partial charge on any atom is -0.390 e. The first-order valence-corrected chi connectivity index (χ1v) is 12.6. The Bertz CT molecular complexity index is 1190. The van der Waals surface area contributed by atoms with Gasteiger partial charge in [-0.1, -0.05) is 31.2 Å². The second-order valence-corrected chi connectivity index (χ2v) is 11.6. The van der Waals surface area contributed by atoms with Crippen LogP contribution >= 0.6 is 0 Å². The Kier molecular flexibility index (Phi) is 5.01. The molecule has 8 heteroatoms. The zero-order valence-corrected chi connectivity index (χ0v) is 20.3. The molecule has 1 aromatic rings. The van der Waals surface area contributed by atoms with E-state index >= 15 is 8.78 Å². The number of rotatable bonds is 3. The largest absolute Gasteiger partial charge is 0.390 e. The average molecular weight is 502 g/mol. The molecule has 5 aliphatic rings. The molecular formula is C28H30F3NO4. The second kappa shape index (κ2) is 7.54. The van der Waals surface area contributed by atoms with E-state index in [2.05, 4.69) is 0 Å². The summed E-state index contributed by atoms with van der Waals surface area (Å²) in [6.45, 7) is 2.37. The van der Waals surface area contributed by atoms with Gasteiger partial charge in [0.1, 0.15) is 6.17 Å². The van der Waals surface area contributed by atoms with Crippen molar-refractivity contribution < 1.29 is 32.7 Å². The number of aliphatic hydroxyl groups is 1. The Morgan fingerprint density at radius 1 is 1.19 bits per heavy atom. The number of Topliss-reactive ketones (excluding diaryl/α,β-unsaturated/α-hetero) is 1. The first kappa shape index (κ1) is 23.9. The van der Waals surface area contributed by atoms with E-state index in [1.165, 1.54) is 19.1 Å². The highest BCUT2D eigenvalue weighted by molar-refractivity contribution is 6.01. The van der Waals surface area contributed by atoms with Gasteiger partial charge in [-0.3, -0.25) is 19.5 Å². The van der Waals surface area contributed by atoms with Gasteiger partial charge in [-0.2, -0.15) is 0 Å². The van der Waals surface area contributed by atoms with Gasteiger partial charge >= 0.3 is 0 Å². The van der Waals surface area contributed by atoms with E-state index in [0.29, 0.717) is 13.0 Å². The van der Waals surface area contributed by atoms with Crippen LogP contribution in [0.15, 0.2) is 54.1 Å². The third-order valence-electron chi connectivity index (χ3n) is 10.2. The van der Waals surface area contributed by atoms with Crippen LogP contribution in [0.3, 0.4) is 0 Å². The smallest absolute Gasteiger partial charge is 0.199 e. The Balaban J connectivity index is 1.46. The first-order chi connectivity index (χ1) is 17.0. The van der Waals surface area contributed by atoms with E-state index in [0.717, 1.165) is 11.8 Å². The normalized spacial score (nSPS) is 47.1. The van der Waals surface area contributed by atoms with Crippen molar-refractivity contribution in [2.24, 2.45) is 28.6 Å². The molecule has 3 saturated carbocycles. The van der Waals surface area contributed by atoms with Crippen LogP contribution in [0.4, 0.5) is 18.9 Å². The number of ketones is 2. The molecule has 0 amide bonds. The van der Waals surface area contributed by atoms with Crippen molar-refractivity contribution in [3.63, 3.8) is 0 Å². The summed E-state index contributed by atoms with van der Waals surface area (Å²) in [5.41, 5.74) is -5.69. The van der Waals surface area contributed by atoms with Crippen LogP contribution in [0, 0.1) is 28.6 Å². The number of benzene rings is 1. The lowest BCUT2D eigenvalue weighted by Gasteiger charge is -2.63. The van der Waals surface area contributed by atoms with Crippen LogP contribution in [-0.4, -0.2) is 53.4 Å². The molecular weight excluding hydrogens is 471 g/mol. The summed E-state index contributed by atoms with van der Waals surface area (Å²) in [6.07, 6.45) is 0.630. The van der Waals surface area contributed by atoms with Crippen molar-refractivity contribution in [3.8, 4) is 0 Å². The van der Waals surface area contributed by atoms with Gasteiger partial charge in [-0.15, -0.1) is 0 Å². The number of fused-ring (bicyclic) bond motifs is 7. The van der Waals surface area contributed by atoms with E-state index in [1.54, 1.807) is 12.0 Å². The van der Waals surface area contributed by atoms with Gasteiger partial charge in [0.05, 0.1) is 18.3 Å². The molecule has 0 radical (unpaired) electrons. The van der Waals surface area contributed by atoms with Crippen molar-refractivity contribution in [1.29, 1.82) is 0 Å². The average Bonchev–Trinajstić information content (AvgIpc) is 3.36. The molecule has 36 heavy (non-hydrogen) atoms. The maximum atomic E-state index is 17.3.